The number of hydrogen-bond donors (Lipinski definition) is 2. The molecule has 0 unspecified atom stereocenters. The van der Waals surface area contributed by atoms with Crippen LogP contribution in [0.4, 0.5) is 5.69 Å². The smallest absolute Gasteiger partial charge is 0.258 e. The van der Waals surface area contributed by atoms with E-state index in [1.54, 1.807) is 6.07 Å². The molecule has 0 aliphatic carbocycles. The van der Waals surface area contributed by atoms with Crippen molar-refractivity contribution in [1.82, 2.24) is 0 Å². The van der Waals surface area contributed by atoms with Crippen LogP contribution in [0.5, 0.6) is 5.75 Å². The first-order chi connectivity index (χ1) is 10.6. The molecule has 0 saturated heterocycles. The molecule has 1 aromatic carbocycles. The number of carbonyl (C=O) groups excluding carboxylic acids is 1. The van der Waals surface area contributed by atoms with Crippen molar-refractivity contribution >= 4 is 11.6 Å². The molecule has 1 aromatic heterocycles. The van der Waals surface area contributed by atoms with Gasteiger partial charge >= 0.3 is 0 Å². The number of nitrogens with one attached hydrogen (secondary N) is 1. The predicted octanol–water partition coefficient (Wildman–Crippen LogP) is 3.42. The van der Waals surface area contributed by atoms with Crippen molar-refractivity contribution in [2.24, 2.45) is 11.7 Å². The van der Waals surface area contributed by atoms with E-state index < -0.39 is 0 Å². The second kappa shape index (κ2) is 7.66. The SMILES string of the molecule is CC(C)CCOc1ccc(NC(=O)c2coc(CN)c2)cc1. The minimum Gasteiger partial charge on any atom is -0.494 e. The molecule has 0 aliphatic rings. The largest absolute Gasteiger partial charge is 0.494 e. The van der Waals surface area contributed by atoms with Crippen LogP contribution >= 0.6 is 0 Å². The number of nitrogens with two attached hydrogens (primary N) is 1. The minimum absolute atomic E-state index is 0.225. The van der Waals surface area contributed by atoms with E-state index in [2.05, 4.69) is 19.2 Å². The number of anilines is 1. The van der Waals surface area contributed by atoms with Gasteiger partial charge in [-0.15, -0.1) is 0 Å². The molecule has 22 heavy (non-hydrogen) atoms. The number of amides is 1. The molecule has 118 valence electrons. The van der Waals surface area contributed by atoms with Crippen molar-refractivity contribution in [3.63, 3.8) is 0 Å². The monoisotopic (exact) mass is 302 g/mol. The fraction of sp³-hybridized carbons (Fsp3) is 0.353. The molecule has 0 atom stereocenters. The molecule has 0 fully saturated rings. The Labute approximate surface area is 130 Å². The zero-order chi connectivity index (χ0) is 15.9. The summed E-state index contributed by atoms with van der Waals surface area (Å²) in [5.74, 6) is 1.77. The van der Waals surface area contributed by atoms with Crippen molar-refractivity contribution in [1.29, 1.82) is 0 Å². The molecule has 1 amide bonds. The molecule has 1 heterocycles. The molecular formula is C17H22N2O3. The van der Waals surface area contributed by atoms with Gasteiger partial charge in [0.1, 0.15) is 17.8 Å². The first-order valence-electron chi connectivity index (χ1n) is 7.40. The Morgan fingerprint density at radius 2 is 2.05 bits per heavy atom. The number of rotatable bonds is 7. The van der Waals surface area contributed by atoms with Crippen LogP contribution in [0.15, 0.2) is 41.0 Å². The Kier molecular flexibility index (Phi) is 5.61. The third-order valence-corrected chi connectivity index (χ3v) is 3.19. The summed E-state index contributed by atoms with van der Waals surface area (Å²) in [6.07, 6.45) is 2.42. The van der Waals surface area contributed by atoms with Gasteiger partial charge in [-0.2, -0.15) is 0 Å². The molecule has 2 aromatic rings. The number of benzene rings is 1. The summed E-state index contributed by atoms with van der Waals surface area (Å²) in [6.45, 7) is 5.29. The highest BCUT2D eigenvalue weighted by molar-refractivity contribution is 6.04. The van der Waals surface area contributed by atoms with E-state index in [-0.39, 0.29) is 12.5 Å². The van der Waals surface area contributed by atoms with Crippen LogP contribution in [0.2, 0.25) is 0 Å². The van der Waals surface area contributed by atoms with Crippen LogP contribution in [0.1, 0.15) is 36.4 Å². The standard InChI is InChI=1S/C17H22N2O3/c1-12(2)7-8-21-15-5-3-14(4-6-15)19-17(20)13-9-16(10-18)22-11-13/h3-6,9,11-12H,7-8,10,18H2,1-2H3,(H,19,20). The maximum Gasteiger partial charge on any atom is 0.258 e. The third-order valence-electron chi connectivity index (χ3n) is 3.19. The van der Waals surface area contributed by atoms with E-state index >= 15 is 0 Å². The summed E-state index contributed by atoms with van der Waals surface area (Å²) in [7, 11) is 0. The molecule has 0 saturated carbocycles. The van der Waals surface area contributed by atoms with Crippen LogP contribution in [-0.4, -0.2) is 12.5 Å². The Morgan fingerprint density at radius 3 is 2.64 bits per heavy atom. The van der Waals surface area contributed by atoms with Gasteiger partial charge < -0.3 is 20.2 Å². The number of carbonyl (C=O) groups is 1. The van der Waals surface area contributed by atoms with E-state index in [1.165, 1.54) is 6.26 Å². The zero-order valence-electron chi connectivity index (χ0n) is 13.0. The second-order valence-electron chi connectivity index (χ2n) is 5.52. The summed E-state index contributed by atoms with van der Waals surface area (Å²) in [5, 5.41) is 2.80. The van der Waals surface area contributed by atoms with Gasteiger partial charge in [-0.3, -0.25) is 4.79 Å². The van der Waals surface area contributed by atoms with E-state index in [0.29, 0.717) is 29.5 Å². The second-order valence-corrected chi connectivity index (χ2v) is 5.52. The van der Waals surface area contributed by atoms with Gasteiger partial charge in [-0.05, 0) is 42.7 Å². The Hall–Kier alpha value is -2.27. The van der Waals surface area contributed by atoms with Crippen molar-refractivity contribution < 1.29 is 13.9 Å². The third kappa shape index (κ3) is 4.63. The lowest BCUT2D eigenvalue weighted by Crippen LogP contribution is -2.10. The van der Waals surface area contributed by atoms with Gasteiger partial charge in [0.05, 0.1) is 18.7 Å². The molecule has 0 bridgehead atoms. The summed E-state index contributed by atoms with van der Waals surface area (Å²) in [5.41, 5.74) is 6.61. The molecule has 0 spiro atoms. The lowest BCUT2D eigenvalue weighted by atomic mass is 10.1. The number of furan rings is 1. The van der Waals surface area contributed by atoms with Crippen LogP contribution in [0.25, 0.3) is 0 Å². The highest BCUT2D eigenvalue weighted by Crippen LogP contribution is 2.17. The van der Waals surface area contributed by atoms with Crippen molar-refractivity contribution in [3.05, 3.63) is 47.9 Å². The lowest BCUT2D eigenvalue weighted by Gasteiger charge is -2.09. The van der Waals surface area contributed by atoms with Gasteiger partial charge in [0.2, 0.25) is 0 Å². The van der Waals surface area contributed by atoms with Crippen LogP contribution < -0.4 is 15.8 Å². The Balaban J connectivity index is 1.89. The molecular weight excluding hydrogens is 280 g/mol. The van der Waals surface area contributed by atoms with Crippen LogP contribution in [0.3, 0.4) is 0 Å². The van der Waals surface area contributed by atoms with Gasteiger partial charge in [-0.25, -0.2) is 0 Å². The van der Waals surface area contributed by atoms with Crippen LogP contribution in [-0.2, 0) is 6.54 Å². The minimum atomic E-state index is -0.225. The summed E-state index contributed by atoms with van der Waals surface area (Å²) in [4.78, 5) is 12.0. The lowest BCUT2D eigenvalue weighted by molar-refractivity contribution is 0.102. The highest BCUT2D eigenvalue weighted by Gasteiger charge is 2.10. The molecule has 2 rings (SSSR count). The zero-order valence-corrected chi connectivity index (χ0v) is 13.0. The topological polar surface area (TPSA) is 77.5 Å². The fourth-order valence-corrected chi connectivity index (χ4v) is 1.86. The maximum absolute atomic E-state index is 12.0. The van der Waals surface area contributed by atoms with Crippen molar-refractivity contribution in [2.45, 2.75) is 26.8 Å². The van der Waals surface area contributed by atoms with Gasteiger partial charge in [0, 0.05) is 5.69 Å². The predicted molar refractivity (Wildman–Crippen MR) is 85.9 cm³/mol. The molecule has 3 N–H and O–H groups in total. The Bertz CT molecular complexity index is 603. The quantitative estimate of drug-likeness (QED) is 0.821. The molecule has 0 radical (unpaired) electrons. The first-order valence-corrected chi connectivity index (χ1v) is 7.40. The first kappa shape index (κ1) is 16.1. The van der Waals surface area contributed by atoms with E-state index in [0.717, 1.165) is 12.2 Å². The number of hydrogen-bond acceptors (Lipinski definition) is 4. The summed E-state index contributed by atoms with van der Waals surface area (Å²) >= 11 is 0. The number of ether oxygens (including phenoxy) is 1. The normalized spacial score (nSPS) is 10.7. The maximum atomic E-state index is 12.0. The van der Waals surface area contributed by atoms with Gasteiger partial charge in [0.25, 0.3) is 5.91 Å². The van der Waals surface area contributed by atoms with Crippen LogP contribution in [0, 0.1) is 5.92 Å². The molecule has 5 heteroatoms. The van der Waals surface area contributed by atoms with Gasteiger partial charge in [0.15, 0.2) is 0 Å². The summed E-state index contributed by atoms with van der Waals surface area (Å²) < 4.78 is 10.8. The Morgan fingerprint density at radius 1 is 1.32 bits per heavy atom. The van der Waals surface area contributed by atoms with E-state index in [1.807, 2.05) is 24.3 Å². The molecule has 0 aliphatic heterocycles. The average Bonchev–Trinajstić information content (AvgIpc) is 2.98. The summed E-state index contributed by atoms with van der Waals surface area (Å²) in [6, 6.07) is 8.95. The van der Waals surface area contributed by atoms with Gasteiger partial charge in [-0.1, -0.05) is 13.8 Å². The van der Waals surface area contributed by atoms with E-state index in [9.17, 15) is 4.79 Å². The average molecular weight is 302 g/mol. The highest BCUT2D eigenvalue weighted by atomic mass is 16.5. The van der Waals surface area contributed by atoms with E-state index in [4.69, 9.17) is 14.9 Å². The fourth-order valence-electron chi connectivity index (χ4n) is 1.86. The van der Waals surface area contributed by atoms with Crippen molar-refractivity contribution in [3.8, 4) is 5.75 Å². The molecule has 5 nitrogen and oxygen atoms in total. The van der Waals surface area contributed by atoms with Crippen molar-refractivity contribution in [2.75, 3.05) is 11.9 Å².